The van der Waals surface area contributed by atoms with Crippen LogP contribution in [0.1, 0.15) is 5.56 Å². The van der Waals surface area contributed by atoms with E-state index in [1.165, 1.54) is 16.8 Å². The Morgan fingerprint density at radius 2 is 1.88 bits per heavy atom. The molecule has 4 aromatic rings. The molecule has 0 aliphatic heterocycles. The van der Waals surface area contributed by atoms with Gasteiger partial charge < -0.3 is 13.9 Å². The lowest BCUT2D eigenvalue weighted by Crippen LogP contribution is -2.19. The molecular formula is C23H18F2N3O4S-. The molecule has 33 heavy (non-hydrogen) atoms. The number of fused-ring (bicyclic) bond motifs is 1. The molecule has 0 bridgehead atoms. The van der Waals surface area contributed by atoms with Crippen LogP contribution in [0.3, 0.4) is 0 Å². The Balaban J connectivity index is 1.87. The van der Waals surface area contributed by atoms with Gasteiger partial charge in [-0.05, 0) is 42.3 Å². The molecule has 2 aromatic heterocycles. The average molecular weight is 470 g/mol. The molecule has 0 spiro atoms. The fourth-order valence-corrected chi connectivity index (χ4v) is 3.78. The maximum absolute atomic E-state index is 14.3. The van der Waals surface area contributed by atoms with Gasteiger partial charge in [0.1, 0.15) is 11.6 Å². The first-order valence-corrected chi connectivity index (χ1v) is 10.9. The molecule has 2 heterocycles. The first kappa shape index (κ1) is 22.7. The summed E-state index contributed by atoms with van der Waals surface area (Å²) in [5.74, 6) is -1.48. The highest BCUT2D eigenvalue weighted by molar-refractivity contribution is 7.77. The fourth-order valence-electron chi connectivity index (χ4n) is 3.51. The van der Waals surface area contributed by atoms with Crippen LogP contribution in [0.25, 0.3) is 21.9 Å². The SMILES string of the molecule is Cn1cc(-c2cc(CCNS(=O)[O-])ccc2Oc2ccc(F)cc2F)c2cnccc2c1=O. The number of halogens is 2. The van der Waals surface area contributed by atoms with Gasteiger partial charge in [-0.25, -0.2) is 13.5 Å². The van der Waals surface area contributed by atoms with Gasteiger partial charge in [-0.1, -0.05) is 6.07 Å². The van der Waals surface area contributed by atoms with Crippen molar-refractivity contribution in [2.24, 2.45) is 7.05 Å². The zero-order chi connectivity index (χ0) is 23.5. The molecule has 0 saturated heterocycles. The maximum Gasteiger partial charge on any atom is 0.258 e. The Bertz CT molecular complexity index is 1420. The molecule has 4 rings (SSSR count). The van der Waals surface area contributed by atoms with Crippen LogP contribution in [-0.4, -0.2) is 24.9 Å². The second-order valence-electron chi connectivity index (χ2n) is 7.27. The van der Waals surface area contributed by atoms with Gasteiger partial charge in [0.2, 0.25) is 0 Å². The Morgan fingerprint density at radius 1 is 1.09 bits per heavy atom. The van der Waals surface area contributed by atoms with Crippen molar-refractivity contribution in [2.45, 2.75) is 6.42 Å². The van der Waals surface area contributed by atoms with Crippen LogP contribution in [0.15, 0.2) is 65.8 Å². The van der Waals surface area contributed by atoms with Crippen molar-refractivity contribution in [3.63, 3.8) is 0 Å². The predicted octanol–water partition coefficient (Wildman–Crippen LogP) is 3.60. The van der Waals surface area contributed by atoms with Crippen molar-refractivity contribution in [3.8, 4) is 22.6 Å². The van der Waals surface area contributed by atoms with Crippen molar-refractivity contribution in [1.29, 1.82) is 0 Å². The molecule has 2 aromatic carbocycles. The lowest BCUT2D eigenvalue weighted by Gasteiger charge is -2.16. The van der Waals surface area contributed by atoms with Crippen LogP contribution in [-0.2, 0) is 24.7 Å². The number of rotatable bonds is 7. The van der Waals surface area contributed by atoms with E-state index in [1.54, 1.807) is 43.7 Å². The van der Waals surface area contributed by atoms with Gasteiger partial charge in [0.05, 0.1) is 5.39 Å². The first-order chi connectivity index (χ1) is 15.8. The van der Waals surface area contributed by atoms with Gasteiger partial charge in [-0.15, -0.1) is 0 Å². The molecule has 1 atom stereocenters. The summed E-state index contributed by atoms with van der Waals surface area (Å²) in [6, 6.07) is 9.73. The van der Waals surface area contributed by atoms with Gasteiger partial charge in [-0.3, -0.25) is 14.0 Å². The number of hydrogen-bond donors (Lipinski definition) is 1. The van der Waals surface area contributed by atoms with E-state index in [-0.39, 0.29) is 23.6 Å². The largest absolute Gasteiger partial charge is 0.760 e. The summed E-state index contributed by atoms with van der Waals surface area (Å²) in [4.78, 5) is 16.7. The third kappa shape index (κ3) is 4.98. The van der Waals surface area contributed by atoms with E-state index < -0.39 is 22.9 Å². The number of nitrogens with one attached hydrogen (secondary N) is 1. The minimum atomic E-state index is -2.38. The maximum atomic E-state index is 14.3. The molecule has 10 heteroatoms. The number of nitrogens with zero attached hydrogens (tertiary/aromatic N) is 2. The summed E-state index contributed by atoms with van der Waals surface area (Å²) in [6.07, 6.45) is 5.09. The van der Waals surface area contributed by atoms with E-state index in [0.29, 0.717) is 28.3 Å². The molecule has 0 fully saturated rings. The quantitative estimate of drug-likeness (QED) is 0.417. The number of hydrogen-bond acceptors (Lipinski definition) is 5. The summed E-state index contributed by atoms with van der Waals surface area (Å²) in [5, 5.41) is 1.01. The molecular weight excluding hydrogens is 452 g/mol. The van der Waals surface area contributed by atoms with E-state index in [0.717, 1.165) is 17.7 Å². The second-order valence-corrected chi connectivity index (χ2v) is 8.02. The van der Waals surface area contributed by atoms with Crippen LogP contribution >= 0.6 is 0 Å². The summed E-state index contributed by atoms with van der Waals surface area (Å²) in [5.41, 5.74) is 1.72. The first-order valence-electron chi connectivity index (χ1n) is 9.86. The Hall–Kier alpha value is -3.47. The lowest BCUT2D eigenvalue weighted by atomic mass is 9.98. The van der Waals surface area contributed by atoms with Crippen molar-refractivity contribution in [2.75, 3.05) is 6.54 Å². The summed E-state index contributed by atoms with van der Waals surface area (Å²) in [7, 11) is 1.61. The standard InChI is InChI=1S/C23H19F2N3O4S/c1-28-13-19(18-12-26-8-7-16(18)23(28)29)17-10-14(6-9-27-33(30)31)2-4-21(17)32-22-5-3-15(24)11-20(22)25/h2-5,7-8,10-13,27H,6,9H2,1H3,(H,30,31)/p-1. The molecule has 1 unspecified atom stereocenters. The summed E-state index contributed by atoms with van der Waals surface area (Å²) >= 11 is -2.38. The third-order valence-electron chi connectivity index (χ3n) is 5.07. The number of aryl methyl sites for hydroxylation is 1. The van der Waals surface area contributed by atoms with Gasteiger partial charge in [-0.2, -0.15) is 0 Å². The molecule has 170 valence electrons. The highest BCUT2D eigenvalue weighted by Crippen LogP contribution is 2.37. The van der Waals surface area contributed by atoms with E-state index in [4.69, 9.17) is 4.74 Å². The van der Waals surface area contributed by atoms with Crippen LogP contribution in [0, 0.1) is 11.6 Å². The van der Waals surface area contributed by atoms with Crippen molar-refractivity contribution in [1.82, 2.24) is 14.3 Å². The van der Waals surface area contributed by atoms with Crippen molar-refractivity contribution < 1.29 is 22.3 Å². The van der Waals surface area contributed by atoms with E-state index in [9.17, 15) is 22.3 Å². The van der Waals surface area contributed by atoms with Gasteiger partial charge >= 0.3 is 0 Å². The van der Waals surface area contributed by atoms with E-state index in [1.807, 2.05) is 0 Å². The minimum absolute atomic E-state index is 0.166. The van der Waals surface area contributed by atoms with Crippen LogP contribution in [0.4, 0.5) is 8.78 Å². The molecule has 0 radical (unpaired) electrons. The molecule has 7 nitrogen and oxygen atoms in total. The number of benzene rings is 2. The normalized spacial score (nSPS) is 12.1. The molecule has 0 saturated carbocycles. The average Bonchev–Trinajstić information content (AvgIpc) is 2.79. The highest BCUT2D eigenvalue weighted by atomic mass is 32.2. The Labute approximate surface area is 190 Å². The topological polar surface area (TPSA) is 96.3 Å². The summed E-state index contributed by atoms with van der Waals surface area (Å²) in [6.45, 7) is 0.178. The molecule has 0 amide bonds. The van der Waals surface area contributed by atoms with Gasteiger partial charge in [0, 0.05) is 66.0 Å². The van der Waals surface area contributed by atoms with E-state index in [2.05, 4.69) is 9.71 Å². The van der Waals surface area contributed by atoms with Crippen LogP contribution < -0.4 is 15.0 Å². The molecule has 0 aliphatic carbocycles. The monoisotopic (exact) mass is 470 g/mol. The van der Waals surface area contributed by atoms with Gasteiger partial charge in [0.15, 0.2) is 11.6 Å². The molecule has 0 aliphatic rings. The second kappa shape index (κ2) is 9.57. The fraction of sp³-hybridized carbons (Fsp3) is 0.130. The number of aromatic nitrogens is 2. The van der Waals surface area contributed by atoms with Crippen molar-refractivity contribution >= 4 is 22.0 Å². The zero-order valence-corrected chi connectivity index (χ0v) is 18.2. The van der Waals surface area contributed by atoms with Crippen LogP contribution in [0.2, 0.25) is 0 Å². The van der Waals surface area contributed by atoms with E-state index >= 15 is 0 Å². The van der Waals surface area contributed by atoms with Gasteiger partial charge in [0.25, 0.3) is 5.56 Å². The zero-order valence-electron chi connectivity index (χ0n) is 17.4. The Kier molecular flexibility index (Phi) is 6.59. The highest BCUT2D eigenvalue weighted by Gasteiger charge is 2.16. The van der Waals surface area contributed by atoms with Crippen molar-refractivity contribution in [3.05, 3.63) is 88.6 Å². The summed E-state index contributed by atoms with van der Waals surface area (Å²) < 4.78 is 58.7. The number of pyridine rings is 2. The minimum Gasteiger partial charge on any atom is -0.760 e. The van der Waals surface area contributed by atoms with Crippen LogP contribution in [0.5, 0.6) is 11.5 Å². The predicted molar refractivity (Wildman–Crippen MR) is 119 cm³/mol. The molecule has 1 N–H and O–H groups in total. The number of ether oxygens (including phenoxy) is 1. The Morgan fingerprint density at radius 3 is 2.64 bits per heavy atom. The third-order valence-corrected chi connectivity index (χ3v) is 5.51. The smallest absolute Gasteiger partial charge is 0.258 e. The lowest BCUT2D eigenvalue weighted by molar-refractivity contribution is 0.439.